The molecule has 0 spiro atoms. The Bertz CT molecular complexity index is 641. The summed E-state index contributed by atoms with van der Waals surface area (Å²) in [6.07, 6.45) is 6.48. The maximum atomic E-state index is 11.8. The number of ether oxygens (including phenoxy) is 1. The molecule has 1 aliphatic carbocycles. The van der Waals surface area contributed by atoms with Crippen LogP contribution in [-0.4, -0.2) is 38.9 Å². The Labute approximate surface area is 162 Å². The molecule has 1 saturated carbocycles. The second-order valence-corrected chi connectivity index (χ2v) is 8.58. The highest BCUT2D eigenvalue weighted by atomic mass is 16.5. The fourth-order valence-electron chi connectivity index (χ4n) is 3.64. The topological polar surface area (TPSA) is 106 Å². The van der Waals surface area contributed by atoms with Crippen LogP contribution in [0.5, 0.6) is 5.75 Å². The number of carboxylic acid groups (broad SMARTS) is 1. The van der Waals surface area contributed by atoms with Crippen LogP contribution >= 0.6 is 0 Å². The Morgan fingerprint density at radius 1 is 1.37 bits per heavy atom. The molecule has 0 aromatic carbocycles. The van der Waals surface area contributed by atoms with Gasteiger partial charge >= 0.3 is 5.97 Å². The normalized spacial score (nSPS) is 23.7. The number of carbonyl (C=O) groups is 1. The molecular weight excluding hydrogens is 344 g/mol. The predicted octanol–water partition coefficient (Wildman–Crippen LogP) is 3.08. The van der Waals surface area contributed by atoms with E-state index in [9.17, 15) is 15.0 Å². The van der Waals surface area contributed by atoms with Crippen molar-refractivity contribution in [2.24, 2.45) is 17.6 Å². The minimum atomic E-state index is -2.05. The second kappa shape index (κ2) is 9.02. The number of nitrogens with two attached hydrogens (primary N) is 1. The summed E-state index contributed by atoms with van der Waals surface area (Å²) >= 11 is 0. The molecule has 0 saturated heterocycles. The van der Waals surface area contributed by atoms with Crippen molar-refractivity contribution in [3.05, 3.63) is 23.5 Å². The first-order chi connectivity index (χ1) is 12.6. The van der Waals surface area contributed by atoms with Gasteiger partial charge in [-0.2, -0.15) is 0 Å². The molecule has 0 aliphatic heterocycles. The molecule has 2 atom stereocenters. The number of aliphatic hydroxyl groups is 1. The molecule has 1 fully saturated rings. The molecule has 0 bridgehead atoms. The number of hydrogen-bond acceptors (Lipinski definition) is 5. The first kappa shape index (κ1) is 21.6. The standard InChI is InChI=1S/C21H34N2O4/c1-13(2)9-19(22)21(26,20(24)25)11-16-10-18(15(4)12-23-16)27-17-7-5-14(3)6-8-17/h10,12-14,17,19,26H,5-9,11,22H2,1-4H3,(H,24,25)/t14?,17?,19-,21+/m0/s1. The van der Waals surface area contributed by atoms with E-state index in [0.29, 0.717) is 17.9 Å². The minimum Gasteiger partial charge on any atom is -0.490 e. The van der Waals surface area contributed by atoms with Gasteiger partial charge in [-0.25, -0.2) is 4.79 Å². The summed E-state index contributed by atoms with van der Waals surface area (Å²) in [5.41, 5.74) is 5.37. The molecule has 27 heavy (non-hydrogen) atoms. The number of aliphatic carboxylic acids is 1. The quantitative estimate of drug-likeness (QED) is 0.642. The highest BCUT2D eigenvalue weighted by molar-refractivity contribution is 5.78. The first-order valence-electron chi connectivity index (χ1n) is 9.95. The summed E-state index contributed by atoms with van der Waals surface area (Å²) in [7, 11) is 0. The number of rotatable bonds is 8. The van der Waals surface area contributed by atoms with Gasteiger partial charge in [0.25, 0.3) is 0 Å². The Morgan fingerprint density at radius 2 is 2.00 bits per heavy atom. The third-order valence-electron chi connectivity index (χ3n) is 5.53. The van der Waals surface area contributed by atoms with E-state index in [1.54, 1.807) is 12.3 Å². The van der Waals surface area contributed by atoms with Gasteiger partial charge in [0.1, 0.15) is 5.75 Å². The minimum absolute atomic E-state index is 0.144. The van der Waals surface area contributed by atoms with E-state index in [1.165, 1.54) is 0 Å². The Morgan fingerprint density at radius 3 is 2.56 bits per heavy atom. The zero-order valence-electron chi connectivity index (χ0n) is 16.9. The van der Waals surface area contributed by atoms with Crippen LogP contribution in [0, 0.1) is 18.8 Å². The molecule has 0 unspecified atom stereocenters. The molecular formula is C21H34N2O4. The van der Waals surface area contributed by atoms with Gasteiger partial charge in [-0.1, -0.05) is 20.8 Å². The first-order valence-corrected chi connectivity index (χ1v) is 9.95. The monoisotopic (exact) mass is 378 g/mol. The van der Waals surface area contributed by atoms with Gasteiger partial charge in [-0.05, 0) is 50.9 Å². The third-order valence-corrected chi connectivity index (χ3v) is 5.53. The molecule has 152 valence electrons. The lowest BCUT2D eigenvalue weighted by Crippen LogP contribution is -2.56. The van der Waals surface area contributed by atoms with Crippen molar-refractivity contribution in [3.63, 3.8) is 0 Å². The number of nitrogens with zero attached hydrogens (tertiary/aromatic N) is 1. The lowest BCUT2D eigenvalue weighted by Gasteiger charge is -2.31. The van der Waals surface area contributed by atoms with E-state index in [-0.39, 0.29) is 18.4 Å². The molecule has 1 aliphatic rings. The fraction of sp³-hybridized carbons (Fsp3) is 0.714. The van der Waals surface area contributed by atoms with Crippen LogP contribution < -0.4 is 10.5 Å². The molecule has 1 heterocycles. The highest BCUT2D eigenvalue weighted by Gasteiger charge is 2.43. The summed E-state index contributed by atoms with van der Waals surface area (Å²) in [5.74, 6) is 0.322. The predicted molar refractivity (Wildman–Crippen MR) is 105 cm³/mol. The van der Waals surface area contributed by atoms with Gasteiger partial charge in [0.15, 0.2) is 5.60 Å². The van der Waals surface area contributed by atoms with Gasteiger partial charge in [0, 0.05) is 36.0 Å². The highest BCUT2D eigenvalue weighted by Crippen LogP contribution is 2.30. The van der Waals surface area contributed by atoms with Gasteiger partial charge in [-0.15, -0.1) is 0 Å². The molecule has 6 heteroatoms. The van der Waals surface area contributed by atoms with Crippen LogP contribution in [0.15, 0.2) is 12.3 Å². The average molecular weight is 379 g/mol. The van der Waals surface area contributed by atoms with E-state index in [2.05, 4.69) is 11.9 Å². The van der Waals surface area contributed by atoms with Gasteiger partial charge in [0.2, 0.25) is 0 Å². The maximum Gasteiger partial charge on any atom is 0.337 e. The summed E-state index contributed by atoms with van der Waals surface area (Å²) < 4.78 is 6.17. The Hall–Kier alpha value is -1.66. The zero-order chi connectivity index (χ0) is 20.2. The van der Waals surface area contributed by atoms with E-state index in [0.717, 1.165) is 37.2 Å². The van der Waals surface area contributed by atoms with Gasteiger partial charge < -0.3 is 20.7 Å². The van der Waals surface area contributed by atoms with Crippen molar-refractivity contribution in [1.82, 2.24) is 4.98 Å². The van der Waals surface area contributed by atoms with Crippen LogP contribution in [0.2, 0.25) is 0 Å². The van der Waals surface area contributed by atoms with Crippen molar-refractivity contribution < 1.29 is 19.7 Å². The summed E-state index contributed by atoms with van der Waals surface area (Å²) in [6, 6.07) is 0.880. The molecule has 0 amide bonds. The zero-order valence-corrected chi connectivity index (χ0v) is 16.9. The molecule has 0 radical (unpaired) electrons. The van der Waals surface area contributed by atoms with Crippen LogP contribution in [-0.2, 0) is 11.2 Å². The van der Waals surface area contributed by atoms with Crippen molar-refractivity contribution in [1.29, 1.82) is 0 Å². The molecule has 6 nitrogen and oxygen atoms in total. The van der Waals surface area contributed by atoms with Crippen LogP contribution in [0.3, 0.4) is 0 Å². The van der Waals surface area contributed by atoms with Crippen LogP contribution in [0.4, 0.5) is 0 Å². The van der Waals surface area contributed by atoms with E-state index >= 15 is 0 Å². The van der Waals surface area contributed by atoms with Crippen molar-refractivity contribution in [2.45, 2.75) is 84.0 Å². The van der Waals surface area contributed by atoms with Crippen molar-refractivity contribution in [3.8, 4) is 5.75 Å². The number of pyridine rings is 1. The summed E-state index contributed by atoms with van der Waals surface area (Å²) in [5, 5.41) is 20.4. The number of carboxylic acids is 1. The van der Waals surface area contributed by atoms with Crippen LogP contribution in [0.25, 0.3) is 0 Å². The second-order valence-electron chi connectivity index (χ2n) is 8.58. The number of hydrogen-bond donors (Lipinski definition) is 3. The van der Waals surface area contributed by atoms with Gasteiger partial charge in [-0.3, -0.25) is 4.98 Å². The summed E-state index contributed by atoms with van der Waals surface area (Å²) in [4.78, 5) is 16.1. The molecule has 4 N–H and O–H groups in total. The fourth-order valence-corrected chi connectivity index (χ4v) is 3.64. The molecule has 1 aromatic rings. The van der Waals surface area contributed by atoms with E-state index in [1.807, 2.05) is 20.8 Å². The van der Waals surface area contributed by atoms with Crippen LogP contribution in [0.1, 0.15) is 64.1 Å². The third kappa shape index (κ3) is 5.66. The maximum absolute atomic E-state index is 11.8. The van der Waals surface area contributed by atoms with Gasteiger partial charge in [0.05, 0.1) is 6.10 Å². The lowest BCUT2D eigenvalue weighted by atomic mass is 9.84. The van der Waals surface area contributed by atoms with E-state index < -0.39 is 17.6 Å². The van der Waals surface area contributed by atoms with E-state index in [4.69, 9.17) is 10.5 Å². The number of aromatic nitrogens is 1. The number of aryl methyl sites for hydroxylation is 1. The SMILES string of the molecule is Cc1cnc(C[C@](O)(C(=O)O)[C@@H](N)CC(C)C)cc1OC1CCC(C)CC1. The Kier molecular flexibility index (Phi) is 7.23. The average Bonchev–Trinajstić information content (AvgIpc) is 2.59. The molecule has 1 aromatic heterocycles. The summed E-state index contributed by atoms with van der Waals surface area (Å²) in [6.45, 7) is 8.08. The van der Waals surface area contributed by atoms with Crippen molar-refractivity contribution >= 4 is 5.97 Å². The largest absolute Gasteiger partial charge is 0.490 e. The molecule has 2 rings (SSSR count). The smallest absolute Gasteiger partial charge is 0.337 e. The lowest BCUT2D eigenvalue weighted by molar-refractivity contribution is -0.161. The van der Waals surface area contributed by atoms with Crippen molar-refractivity contribution in [2.75, 3.05) is 0 Å². The Balaban J connectivity index is 2.16.